The number of carboxylic acid groups (broad SMARTS) is 1. The van der Waals surface area contributed by atoms with Crippen molar-refractivity contribution in [3.05, 3.63) is 78.1 Å². The predicted octanol–water partition coefficient (Wildman–Crippen LogP) is 4.83. The van der Waals surface area contributed by atoms with Crippen molar-refractivity contribution in [3.8, 4) is 22.8 Å². The molecule has 0 saturated carbocycles. The first-order chi connectivity index (χ1) is 12.5. The van der Waals surface area contributed by atoms with Crippen molar-refractivity contribution in [1.29, 1.82) is 0 Å². The van der Waals surface area contributed by atoms with Crippen LogP contribution in [0.25, 0.3) is 28.4 Å². The van der Waals surface area contributed by atoms with Crippen LogP contribution in [0.4, 0.5) is 4.39 Å². The Kier molecular flexibility index (Phi) is 4.75. The van der Waals surface area contributed by atoms with Crippen LogP contribution in [0.3, 0.4) is 0 Å². The molecule has 0 aliphatic rings. The highest BCUT2D eigenvalue weighted by Crippen LogP contribution is 2.27. The summed E-state index contributed by atoms with van der Waals surface area (Å²) in [5.74, 6) is -1.35. The summed E-state index contributed by atoms with van der Waals surface area (Å²) in [6, 6.07) is 10.8. The van der Waals surface area contributed by atoms with E-state index in [1.165, 1.54) is 18.2 Å². The molecule has 3 rings (SSSR count). The van der Waals surface area contributed by atoms with Crippen molar-refractivity contribution in [3.63, 3.8) is 0 Å². The number of carbonyl (C=O) groups is 1. The zero-order valence-electron chi connectivity index (χ0n) is 13.9. The molecule has 2 aromatic carbocycles. The lowest BCUT2D eigenvalue weighted by Gasteiger charge is -2.04. The summed E-state index contributed by atoms with van der Waals surface area (Å²) < 4.78 is 19.6. The summed E-state index contributed by atoms with van der Waals surface area (Å²) in [5, 5.41) is 12.9. The van der Waals surface area contributed by atoms with Crippen molar-refractivity contribution in [1.82, 2.24) is 10.1 Å². The number of hydrogen-bond acceptors (Lipinski definition) is 4. The lowest BCUT2D eigenvalue weighted by atomic mass is 10.0. The van der Waals surface area contributed by atoms with Gasteiger partial charge >= 0.3 is 5.97 Å². The fraction of sp³-hybridized carbons (Fsp3) is 0.0500. The average molecular weight is 350 g/mol. The van der Waals surface area contributed by atoms with E-state index in [0.717, 1.165) is 5.57 Å². The van der Waals surface area contributed by atoms with Crippen LogP contribution in [0, 0.1) is 5.82 Å². The topological polar surface area (TPSA) is 76.2 Å². The van der Waals surface area contributed by atoms with Crippen molar-refractivity contribution in [2.75, 3.05) is 0 Å². The highest BCUT2D eigenvalue weighted by Gasteiger charge is 2.16. The summed E-state index contributed by atoms with van der Waals surface area (Å²) >= 11 is 0. The Morgan fingerprint density at radius 2 is 2.04 bits per heavy atom. The van der Waals surface area contributed by atoms with Gasteiger partial charge < -0.3 is 9.63 Å². The zero-order chi connectivity index (χ0) is 18.7. The number of nitrogens with zero attached hydrogens (tertiary/aromatic N) is 2. The Morgan fingerprint density at radius 1 is 1.23 bits per heavy atom. The maximum absolute atomic E-state index is 14.5. The second-order valence-electron chi connectivity index (χ2n) is 5.45. The van der Waals surface area contributed by atoms with Gasteiger partial charge in [-0.3, -0.25) is 0 Å². The van der Waals surface area contributed by atoms with Crippen molar-refractivity contribution < 1.29 is 18.8 Å². The van der Waals surface area contributed by atoms with Gasteiger partial charge in [0.1, 0.15) is 5.82 Å². The van der Waals surface area contributed by atoms with Crippen molar-refractivity contribution in [2.45, 2.75) is 6.92 Å². The third kappa shape index (κ3) is 3.30. The van der Waals surface area contributed by atoms with E-state index in [1.54, 1.807) is 30.3 Å². The van der Waals surface area contributed by atoms with Crippen LogP contribution in [0.5, 0.6) is 0 Å². The number of benzene rings is 2. The SMILES string of the molecule is C=C/C(=C\C)c1ccc(-c2nc(-c3cccc(C(=O)O)c3)no2)c(F)c1. The summed E-state index contributed by atoms with van der Waals surface area (Å²) in [4.78, 5) is 15.2. The summed E-state index contributed by atoms with van der Waals surface area (Å²) in [7, 11) is 0. The minimum Gasteiger partial charge on any atom is -0.478 e. The largest absolute Gasteiger partial charge is 0.478 e. The second kappa shape index (κ2) is 7.14. The van der Waals surface area contributed by atoms with Crippen LogP contribution >= 0.6 is 0 Å². The van der Waals surface area contributed by atoms with Gasteiger partial charge in [0.2, 0.25) is 5.82 Å². The van der Waals surface area contributed by atoms with Gasteiger partial charge in [-0.05, 0) is 42.3 Å². The Labute approximate surface area is 149 Å². The summed E-state index contributed by atoms with van der Waals surface area (Å²) in [6.07, 6.45) is 3.48. The standard InChI is InChI=1S/C20H15FN2O3/c1-3-12(4-2)13-8-9-16(17(21)11-13)19-22-18(23-26-19)14-6-5-7-15(10-14)20(24)25/h3-11H,1H2,2H3,(H,24,25)/b12-4+. The molecule has 0 aliphatic heterocycles. The van der Waals surface area contributed by atoms with Crippen molar-refractivity contribution in [2.24, 2.45) is 0 Å². The first-order valence-electron chi connectivity index (χ1n) is 7.80. The van der Waals surface area contributed by atoms with E-state index in [1.807, 2.05) is 13.0 Å². The third-order valence-electron chi connectivity index (χ3n) is 3.86. The van der Waals surface area contributed by atoms with Gasteiger partial charge in [-0.25, -0.2) is 9.18 Å². The molecule has 0 radical (unpaired) electrons. The molecule has 26 heavy (non-hydrogen) atoms. The molecule has 3 aromatic rings. The molecule has 5 nitrogen and oxygen atoms in total. The Balaban J connectivity index is 1.97. The Morgan fingerprint density at radius 3 is 2.69 bits per heavy atom. The number of allylic oxidation sites excluding steroid dienone is 3. The van der Waals surface area contributed by atoms with E-state index in [2.05, 4.69) is 16.7 Å². The Bertz CT molecular complexity index is 1020. The molecule has 0 fully saturated rings. The van der Waals surface area contributed by atoms with E-state index in [4.69, 9.17) is 9.63 Å². The van der Waals surface area contributed by atoms with Gasteiger partial charge in [0.15, 0.2) is 0 Å². The van der Waals surface area contributed by atoms with Gasteiger partial charge in [0.05, 0.1) is 11.1 Å². The molecule has 0 unspecified atom stereocenters. The maximum Gasteiger partial charge on any atom is 0.335 e. The van der Waals surface area contributed by atoms with E-state index in [9.17, 15) is 9.18 Å². The lowest BCUT2D eigenvalue weighted by Crippen LogP contribution is -1.96. The molecule has 0 atom stereocenters. The van der Waals surface area contributed by atoms with Crippen molar-refractivity contribution >= 4 is 11.5 Å². The van der Waals surface area contributed by atoms with E-state index < -0.39 is 11.8 Å². The summed E-state index contributed by atoms with van der Waals surface area (Å²) in [6.45, 7) is 5.55. The smallest absolute Gasteiger partial charge is 0.335 e. The van der Waals surface area contributed by atoms with Gasteiger partial charge in [-0.1, -0.05) is 42.1 Å². The van der Waals surface area contributed by atoms with Crippen LogP contribution in [0.2, 0.25) is 0 Å². The highest BCUT2D eigenvalue weighted by molar-refractivity contribution is 5.89. The van der Waals surface area contributed by atoms with Gasteiger partial charge in [0, 0.05) is 5.56 Å². The Hall–Kier alpha value is -3.54. The fourth-order valence-corrected chi connectivity index (χ4v) is 2.51. The molecule has 0 spiro atoms. The number of rotatable bonds is 5. The van der Waals surface area contributed by atoms with Crippen LogP contribution in [0.15, 0.2) is 65.7 Å². The average Bonchev–Trinajstić information content (AvgIpc) is 3.13. The molecular formula is C20H15FN2O3. The number of carboxylic acids is 1. The predicted molar refractivity (Wildman–Crippen MR) is 95.9 cm³/mol. The molecule has 1 aromatic heterocycles. The molecule has 0 bridgehead atoms. The molecule has 6 heteroatoms. The van der Waals surface area contributed by atoms with E-state index in [-0.39, 0.29) is 22.8 Å². The normalized spacial score (nSPS) is 11.4. The maximum atomic E-state index is 14.5. The molecule has 0 aliphatic carbocycles. The number of aromatic nitrogens is 2. The number of halogens is 1. The minimum atomic E-state index is -1.06. The summed E-state index contributed by atoms with van der Waals surface area (Å²) in [5.41, 5.74) is 2.25. The molecule has 1 N–H and O–H groups in total. The molecule has 1 heterocycles. The first kappa shape index (κ1) is 17.3. The second-order valence-corrected chi connectivity index (χ2v) is 5.45. The minimum absolute atomic E-state index is 0.0189. The molecule has 0 saturated heterocycles. The van der Waals surface area contributed by atoms with Crippen LogP contribution in [0.1, 0.15) is 22.8 Å². The first-order valence-corrected chi connectivity index (χ1v) is 7.80. The molecular weight excluding hydrogens is 335 g/mol. The van der Waals surface area contributed by atoms with E-state index >= 15 is 0 Å². The number of hydrogen-bond donors (Lipinski definition) is 1. The van der Waals surface area contributed by atoms with Crippen LogP contribution in [-0.4, -0.2) is 21.2 Å². The molecule has 130 valence electrons. The van der Waals surface area contributed by atoms with Crippen LogP contribution < -0.4 is 0 Å². The monoisotopic (exact) mass is 350 g/mol. The van der Waals surface area contributed by atoms with Gasteiger partial charge in [0.25, 0.3) is 5.89 Å². The van der Waals surface area contributed by atoms with E-state index in [0.29, 0.717) is 11.1 Å². The number of aromatic carboxylic acids is 1. The lowest BCUT2D eigenvalue weighted by molar-refractivity contribution is 0.0697. The molecule has 0 amide bonds. The van der Waals surface area contributed by atoms with Crippen LogP contribution in [-0.2, 0) is 0 Å². The van der Waals surface area contributed by atoms with Gasteiger partial charge in [-0.15, -0.1) is 0 Å². The third-order valence-corrected chi connectivity index (χ3v) is 3.86. The van der Waals surface area contributed by atoms with Gasteiger partial charge in [-0.2, -0.15) is 4.98 Å². The highest BCUT2D eigenvalue weighted by atomic mass is 19.1. The quantitative estimate of drug-likeness (QED) is 0.667. The zero-order valence-corrected chi connectivity index (χ0v) is 13.9. The fourth-order valence-electron chi connectivity index (χ4n) is 2.51.